The number of amides is 2. The van der Waals surface area contributed by atoms with Crippen molar-refractivity contribution < 1.29 is 19.2 Å². The fourth-order valence-corrected chi connectivity index (χ4v) is 2.81. The molecule has 1 atom stereocenters. The highest BCUT2D eigenvalue weighted by Crippen LogP contribution is 2.14. The zero-order chi connectivity index (χ0) is 18.2. The van der Waals surface area contributed by atoms with E-state index in [4.69, 9.17) is 9.57 Å². The van der Waals surface area contributed by atoms with Crippen molar-refractivity contribution in [3.05, 3.63) is 35.9 Å². The van der Waals surface area contributed by atoms with E-state index in [2.05, 4.69) is 5.32 Å². The van der Waals surface area contributed by atoms with E-state index in [9.17, 15) is 9.59 Å². The number of nitrogens with one attached hydrogen (secondary N) is 1. The predicted octanol–water partition coefficient (Wildman–Crippen LogP) is 2.83. The van der Waals surface area contributed by atoms with Gasteiger partial charge in [0.25, 0.3) is 5.91 Å². The van der Waals surface area contributed by atoms with E-state index < -0.39 is 17.7 Å². The Balaban J connectivity index is 2.63. The number of benzene rings is 1. The Labute approximate surface area is 147 Å². The molecule has 0 aliphatic carbocycles. The second-order valence-corrected chi connectivity index (χ2v) is 7.25. The molecular formula is C17H26N2O4S. The molecule has 2 amide bonds. The van der Waals surface area contributed by atoms with E-state index in [-0.39, 0.29) is 5.91 Å². The maximum atomic E-state index is 12.3. The summed E-state index contributed by atoms with van der Waals surface area (Å²) >= 11 is 1.56. The molecule has 0 radical (unpaired) electrons. The predicted molar refractivity (Wildman–Crippen MR) is 95.5 cm³/mol. The van der Waals surface area contributed by atoms with E-state index in [1.807, 2.05) is 30.3 Å². The van der Waals surface area contributed by atoms with Gasteiger partial charge in [-0.25, -0.2) is 9.86 Å². The van der Waals surface area contributed by atoms with Gasteiger partial charge >= 0.3 is 6.09 Å². The summed E-state index contributed by atoms with van der Waals surface area (Å²) in [5.41, 5.74) is 0.535. The van der Waals surface area contributed by atoms with Gasteiger partial charge in [-0.1, -0.05) is 30.3 Å². The molecule has 0 unspecified atom stereocenters. The third-order valence-electron chi connectivity index (χ3n) is 2.97. The van der Waals surface area contributed by atoms with Gasteiger partial charge in [0.1, 0.15) is 11.6 Å². The van der Waals surface area contributed by atoms with Crippen molar-refractivity contribution in [3.8, 4) is 0 Å². The molecular weight excluding hydrogens is 328 g/mol. The fraction of sp³-hybridized carbons (Fsp3) is 0.529. The number of hydrogen-bond donors (Lipinski definition) is 1. The molecule has 0 heterocycles. The highest BCUT2D eigenvalue weighted by Gasteiger charge is 2.26. The molecule has 1 aromatic rings. The van der Waals surface area contributed by atoms with Crippen LogP contribution < -0.4 is 5.32 Å². The first-order valence-corrected chi connectivity index (χ1v) is 8.81. The summed E-state index contributed by atoms with van der Waals surface area (Å²) in [6.45, 7) is 5.32. The molecule has 0 aliphatic heterocycles. The number of likely N-dealkylation sites (N-methyl/N-ethyl adjacent to an activating group) is 1. The normalized spacial score (nSPS) is 12.4. The molecule has 0 aromatic heterocycles. The molecule has 6 nitrogen and oxygen atoms in total. The zero-order valence-electron chi connectivity index (χ0n) is 14.9. The Morgan fingerprint density at radius 3 is 2.42 bits per heavy atom. The maximum Gasteiger partial charge on any atom is 0.408 e. The highest BCUT2D eigenvalue weighted by molar-refractivity contribution is 7.98. The zero-order valence-corrected chi connectivity index (χ0v) is 15.7. The average Bonchev–Trinajstić information content (AvgIpc) is 2.51. The summed E-state index contributed by atoms with van der Waals surface area (Å²) in [5.74, 6) is 0.835. The SMILES string of the molecule is CON(C)C(=O)[C@@H](CSCc1ccccc1)NC(=O)OC(C)(C)C. The minimum atomic E-state index is -0.724. The molecule has 1 aromatic carbocycles. The van der Waals surface area contributed by atoms with E-state index >= 15 is 0 Å². The van der Waals surface area contributed by atoms with Crippen LogP contribution in [0.1, 0.15) is 26.3 Å². The quantitative estimate of drug-likeness (QED) is 0.763. The molecule has 0 spiro atoms. The van der Waals surface area contributed by atoms with Crippen LogP contribution >= 0.6 is 11.8 Å². The molecule has 0 fully saturated rings. The minimum Gasteiger partial charge on any atom is -0.444 e. The van der Waals surface area contributed by atoms with Crippen molar-refractivity contribution in [3.63, 3.8) is 0 Å². The molecule has 1 rings (SSSR count). The van der Waals surface area contributed by atoms with Crippen LogP contribution in [0.4, 0.5) is 4.79 Å². The summed E-state index contributed by atoms with van der Waals surface area (Å²) in [5, 5.41) is 3.72. The van der Waals surface area contributed by atoms with Crippen LogP contribution in [0.5, 0.6) is 0 Å². The standard InChI is InChI=1S/C17H26N2O4S/c1-17(2,3)23-16(21)18-14(15(20)19(4)22-5)12-24-11-13-9-7-6-8-10-13/h6-10,14H,11-12H2,1-5H3,(H,18,21)/t14-/m1/s1. The molecule has 0 bridgehead atoms. The Morgan fingerprint density at radius 1 is 1.25 bits per heavy atom. The van der Waals surface area contributed by atoms with Crippen LogP contribution in [0, 0.1) is 0 Å². The number of carbonyl (C=O) groups is 2. The van der Waals surface area contributed by atoms with Crippen molar-refractivity contribution >= 4 is 23.8 Å². The Morgan fingerprint density at radius 2 is 1.88 bits per heavy atom. The Kier molecular flexibility index (Phi) is 8.07. The number of thioether (sulfide) groups is 1. The molecule has 7 heteroatoms. The fourth-order valence-electron chi connectivity index (χ4n) is 1.80. The van der Waals surface area contributed by atoms with Crippen LogP contribution in [-0.4, -0.2) is 48.6 Å². The number of hydrogen-bond acceptors (Lipinski definition) is 5. The third-order valence-corrected chi connectivity index (χ3v) is 4.08. The molecule has 0 saturated heterocycles. The Hall–Kier alpha value is -1.73. The molecule has 0 aliphatic rings. The maximum absolute atomic E-state index is 12.3. The highest BCUT2D eigenvalue weighted by atomic mass is 32.2. The average molecular weight is 354 g/mol. The van der Waals surface area contributed by atoms with Gasteiger partial charge in [-0.05, 0) is 26.3 Å². The second kappa shape index (κ2) is 9.54. The smallest absolute Gasteiger partial charge is 0.408 e. The molecule has 24 heavy (non-hydrogen) atoms. The summed E-state index contributed by atoms with van der Waals surface area (Å²) in [6.07, 6.45) is -0.620. The number of carbonyl (C=O) groups excluding carboxylic acids is 2. The van der Waals surface area contributed by atoms with E-state index in [0.29, 0.717) is 5.75 Å². The van der Waals surface area contributed by atoms with Gasteiger partial charge in [0, 0.05) is 18.6 Å². The van der Waals surface area contributed by atoms with Gasteiger partial charge in [-0.2, -0.15) is 11.8 Å². The topological polar surface area (TPSA) is 67.9 Å². The lowest BCUT2D eigenvalue weighted by atomic mass is 10.2. The number of hydroxylamine groups is 2. The van der Waals surface area contributed by atoms with Crippen molar-refractivity contribution in [1.29, 1.82) is 0 Å². The van der Waals surface area contributed by atoms with Gasteiger partial charge < -0.3 is 10.1 Å². The monoisotopic (exact) mass is 354 g/mol. The second-order valence-electron chi connectivity index (χ2n) is 6.22. The van der Waals surface area contributed by atoms with Gasteiger partial charge in [-0.15, -0.1) is 0 Å². The first-order valence-electron chi connectivity index (χ1n) is 7.66. The van der Waals surface area contributed by atoms with E-state index in [1.165, 1.54) is 14.2 Å². The van der Waals surface area contributed by atoms with Gasteiger partial charge in [0.15, 0.2) is 0 Å². The van der Waals surface area contributed by atoms with Crippen LogP contribution in [0.3, 0.4) is 0 Å². The molecule has 1 N–H and O–H groups in total. The van der Waals surface area contributed by atoms with Crippen LogP contribution in [0.2, 0.25) is 0 Å². The minimum absolute atomic E-state index is 0.330. The van der Waals surface area contributed by atoms with E-state index in [0.717, 1.165) is 16.4 Å². The number of nitrogens with zero attached hydrogens (tertiary/aromatic N) is 1. The summed E-state index contributed by atoms with van der Waals surface area (Å²) in [6, 6.07) is 9.21. The molecule has 134 valence electrons. The number of alkyl carbamates (subject to hydrolysis) is 1. The lowest BCUT2D eigenvalue weighted by Gasteiger charge is -2.25. The first kappa shape index (κ1) is 20.3. The van der Waals surface area contributed by atoms with Gasteiger partial charge in [0.2, 0.25) is 0 Å². The molecule has 0 saturated carbocycles. The Bertz CT molecular complexity index is 531. The van der Waals surface area contributed by atoms with Crippen molar-refractivity contribution in [2.24, 2.45) is 0 Å². The van der Waals surface area contributed by atoms with Crippen LogP contribution in [-0.2, 0) is 20.1 Å². The van der Waals surface area contributed by atoms with Crippen molar-refractivity contribution in [1.82, 2.24) is 10.4 Å². The van der Waals surface area contributed by atoms with Crippen LogP contribution in [0.15, 0.2) is 30.3 Å². The van der Waals surface area contributed by atoms with Gasteiger partial charge in [0.05, 0.1) is 7.11 Å². The summed E-state index contributed by atoms with van der Waals surface area (Å²) in [4.78, 5) is 29.2. The summed E-state index contributed by atoms with van der Waals surface area (Å²) in [7, 11) is 2.91. The first-order chi connectivity index (χ1) is 11.2. The third kappa shape index (κ3) is 7.70. The number of rotatable bonds is 7. The van der Waals surface area contributed by atoms with Crippen molar-refractivity contribution in [2.75, 3.05) is 19.9 Å². The number of ether oxygens (including phenoxy) is 1. The lowest BCUT2D eigenvalue weighted by molar-refractivity contribution is -0.170. The van der Waals surface area contributed by atoms with E-state index in [1.54, 1.807) is 32.5 Å². The lowest BCUT2D eigenvalue weighted by Crippen LogP contribution is -2.49. The van der Waals surface area contributed by atoms with Gasteiger partial charge in [-0.3, -0.25) is 9.63 Å². The van der Waals surface area contributed by atoms with Crippen molar-refractivity contribution in [2.45, 2.75) is 38.2 Å². The van der Waals surface area contributed by atoms with Crippen LogP contribution in [0.25, 0.3) is 0 Å². The largest absolute Gasteiger partial charge is 0.444 e. The summed E-state index contributed by atoms with van der Waals surface area (Å²) < 4.78 is 5.23.